The van der Waals surface area contributed by atoms with Gasteiger partial charge in [0.2, 0.25) is 0 Å². The van der Waals surface area contributed by atoms with Gasteiger partial charge in [-0.2, -0.15) is 7.82 Å². The molecule has 0 atom stereocenters. The summed E-state index contributed by atoms with van der Waals surface area (Å²) < 4.78 is 8.55. The van der Waals surface area contributed by atoms with Crippen molar-refractivity contribution in [3.05, 3.63) is 0 Å². The molecule has 0 aromatic heterocycles. The number of hydrogen-bond donors (Lipinski definition) is 0. The zero-order chi connectivity index (χ0) is 4.50. The molecule has 0 fully saturated rings. The van der Waals surface area contributed by atoms with Gasteiger partial charge in [0, 0.05) is 0 Å². The third-order valence-electron chi connectivity index (χ3n) is 0. The minimum absolute atomic E-state index is 0. The molecule has 0 saturated carbocycles. The molecule has 0 radical (unpaired) electrons. The summed E-state index contributed by atoms with van der Waals surface area (Å²) in [5.74, 6) is 0. The molecule has 0 heterocycles. The van der Waals surface area contributed by atoms with Gasteiger partial charge in [0.25, 0.3) is 0 Å². The maximum absolute atomic E-state index is 8.55. The predicted molar refractivity (Wildman–Crippen MR) is 13.4 cm³/mol. The molecule has 0 amide bonds. The van der Waals surface area contributed by atoms with Crippen LogP contribution >= 0.6 is 7.82 Å². The normalized spacial score (nSPS) is 8.43. The van der Waals surface area contributed by atoms with E-state index in [-0.39, 0.29) is 53.5 Å². The Bertz CT molecular complexity index is 57.8. The fraction of sp³-hybridized carbons (Fsp3) is 0. The Labute approximate surface area is 79.8 Å². The smallest absolute Gasteiger partial charge is 0.822 e. The molecule has 0 aromatic carbocycles. The van der Waals surface area contributed by atoms with E-state index in [9.17, 15) is 0 Å². The van der Waals surface area contributed by atoms with Gasteiger partial charge in [-0.25, -0.2) is 0 Å². The molecule has 0 rings (SSSR count). The molecule has 0 aliphatic heterocycles. The molecule has 7 heteroatoms. The van der Waals surface area contributed by atoms with Crippen molar-refractivity contribution in [2.75, 3.05) is 0 Å². The van der Waals surface area contributed by atoms with Gasteiger partial charge < -0.3 is 19.2 Å². The molecule has 0 aromatic rings. The molecule has 0 unspecified atom stereocenters. The van der Waals surface area contributed by atoms with Gasteiger partial charge in [0.15, 0.2) is 0 Å². The molecule has 0 spiro atoms. The maximum Gasteiger partial charge on any atom is 4.00 e. The molecule has 0 saturated heterocycles. The molecule has 0 bridgehead atoms. The van der Waals surface area contributed by atoms with Crippen LogP contribution in [0.25, 0.3) is 0 Å². The first-order valence-corrected chi connectivity index (χ1v) is 2.19. The predicted octanol–water partition coefficient (Wildman–Crippen LogP) is -6.20. The average molecular weight is 237 g/mol. The summed E-state index contributed by atoms with van der Waals surface area (Å²) in [7, 11) is -5.39. The SMILES string of the molecule is O=P([O-])([O-])[O-].[Na+].[Sn+4]. The van der Waals surface area contributed by atoms with E-state index in [1.165, 1.54) is 0 Å². The van der Waals surface area contributed by atoms with Crippen molar-refractivity contribution in [1.29, 1.82) is 0 Å². The summed E-state index contributed by atoms with van der Waals surface area (Å²) in [5, 5.41) is 0. The molecule has 4 nitrogen and oxygen atoms in total. The van der Waals surface area contributed by atoms with Crippen molar-refractivity contribution in [1.82, 2.24) is 0 Å². The van der Waals surface area contributed by atoms with Crippen LogP contribution in [0.5, 0.6) is 0 Å². The zero-order valence-corrected chi connectivity index (χ0v) is 9.33. The fourth-order valence-electron chi connectivity index (χ4n) is 0. The third kappa shape index (κ3) is 75.8. The van der Waals surface area contributed by atoms with Crippen LogP contribution in [-0.4, -0.2) is 23.9 Å². The Balaban J connectivity index is -0.0000000800. The van der Waals surface area contributed by atoms with E-state index in [2.05, 4.69) is 0 Å². The van der Waals surface area contributed by atoms with Crippen LogP contribution in [0.1, 0.15) is 0 Å². The molecule has 0 aliphatic carbocycles. The molecule has 7 heavy (non-hydrogen) atoms. The van der Waals surface area contributed by atoms with Gasteiger partial charge in [0.05, 0.1) is 0 Å². The first-order valence-electron chi connectivity index (χ1n) is 0.730. The number of rotatable bonds is 0. The Morgan fingerprint density at radius 2 is 1.14 bits per heavy atom. The van der Waals surface area contributed by atoms with Gasteiger partial charge in [0.1, 0.15) is 0 Å². The minimum Gasteiger partial charge on any atom is -0.822 e. The summed E-state index contributed by atoms with van der Waals surface area (Å²) in [6.07, 6.45) is 0. The second kappa shape index (κ2) is 6.04. The Hall–Kier alpha value is 1.91. The maximum atomic E-state index is 8.55. The first-order chi connectivity index (χ1) is 2.00. The molecular weight excluding hydrogens is 237 g/mol. The van der Waals surface area contributed by atoms with Gasteiger partial charge in [-0.05, 0) is 0 Å². The standard InChI is InChI=1S/Na.H3O4P.Sn/c;1-5(2,3)4;/h;(H3,1,2,3,4);/q+1;;+4/p-3. The van der Waals surface area contributed by atoms with E-state index in [4.69, 9.17) is 19.2 Å². The Morgan fingerprint density at radius 1 is 1.14 bits per heavy atom. The van der Waals surface area contributed by atoms with Crippen LogP contribution < -0.4 is 44.2 Å². The summed E-state index contributed by atoms with van der Waals surface area (Å²) in [6, 6.07) is 0. The van der Waals surface area contributed by atoms with E-state index in [1.807, 2.05) is 0 Å². The van der Waals surface area contributed by atoms with Gasteiger partial charge in [-0.15, -0.1) is 0 Å². The van der Waals surface area contributed by atoms with E-state index < -0.39 is 7.82 Å². The van der Waals surface area contributed by atoms with Crippen LogP contribution in [0.2, 0.25) is 0 Å². The van der Waals surface area contributed by atoms with E-state index >= 15 is 0 Å². The van der Waals surface area contributed by atoms with Crippen molar-refractivity contribution < 1.29 is 48.8 Å². The van der Waals surface area contributed by atoms with Crippen LogP contribution in [0.3, 0.4) is 0 Å². The molecule has 32 valence electrons. The summed E-state index contributed by atoms with van der Waals surface area (Å²) >= 11 is 0. The van der Waals surface area contributed by atoms with Crippen molar-refractivity contribution in [3.8, 4) is 0 Å². The third-order valence-corrected chi connectivity index (χ3v) is 0. The van der Waals surface area contributed by atoms with Gasteiger partial charge in [-0.1, -0.05) is 0 Å². The fourth-order valence-corrected chi connectivity index (χ4v) is 0. The number of hydrogen-bond acceptors (Lipinski definition) is 4. The molecule has 0 N–H and O–H groups in total. The van der Waals surface area contributed by atoms with Crippen LogP contribution in [0.4, 0.5) is 0 Å². The summed E-state index contributed by atoms with van der Waals surface area (Å²) in [6.45, 7) is 0. The van der Waals surface area contributed by atoms with Crippen molar-refractivity contribution in [3.63, 3.8) is 0 Å². The summed E-state index contributed by atoms with van der Waals surface area (Å²) in [4.78, 5) is 25.6. The largest absolute Gasteiger partial charge is 4.00 e. The van der Waals surface area contributed by atoms with Crippen molar-refractivity contribution >= 4 is 31.7 Å². The molecular formula is NaO4PSn+2. The van der Waals surface area contributed by atoms with Crippen molar-refractivity contribution in [2.45, 2.75) is 0 Å². The van der Waals surface area contributed by atoms with Crippen LogP contribution in [-0.2, 0) is 4.57 Å². The average Bonchev–Trinajstić information content (AvgIpc) is 0.722. The van der Waals surface area contributed by atoms with Crippen LogP contribution in [0.15, 0.2) is 0 Å². The zero-order valence-electron chi connectivity index (χ0n) is 3.58. The van der Waals surface area contributed by atoms with E-state index in [0.717, 1.165) is 0 Å². The van der Waals surface area contributed by atoms with Crippen LogP contribution in [0, 0.1) is 0 Å². The first kappa shape index (κ1) is 16.0. The molecule has 0 aliphatic rings. The Morgan fingerprint density at radius 3 is 1.14 bits per heavy atom. The second-order valence-corrected chi connectivity index (χ2v) is 1.34. The second-order valence-electron chi connectivity index (χ2n) is 0.447. The number of phosphoric acid groups is 1. The van der Waals surface area contributed by atoms with E-state index in [1.54, 1.807) is 0 Å². The van der Waals surface area contributed by atoms with Crippen molar-refractivity contribution in [2.24, 2.45) is 0 Å². The topological polar surface area (TPSA) is 86.2 Å². The van der Waals surface area contributed by atoms with Gasteiger partial charge in [-0.3, -0.25) is 0 Å². The quantitative estimate of drug-likeness (QED) is 0.309. The summed E-state index contributed by atoms with van der Waals surface area (Å²) in [5.41, 5.74) is 0. The van der Waals surface area contributed by atoms with Gasteiger partial charge >= 0.3 is 53.5 Å². The monoisotopic (exact) mass is 238 g/mol. The minimum atomic E-state index is -5.39. The van der Waals surface area contributed by atoms with E-state index in [0.29, 0.717) is 0 Å². The Kier molecular flexibility index (Phi) is 13.8.